The van der Waals surface area contributed by atoms with Crippen molar-refractivity contribution in [1.29, 1.82) is 0 Å². The topological polar surface area (TPSA) is 75.6 Å². The first kappa shape index (κ1) is 17.0. The minimum Gasteiger partial charge on any atom is -0.496 e. The Morgan fingerprint density at radius 2 is 1.95 bits per heavy atom. The highest BCUT2D eigenvalue weighted by atomic mass is 16.5. The monoisotopic (exact) mass is 293 g/mol. The number of aryl methyl sites for hydroxylation is 1. The first-order valence-electron chi connectivity index (χ1n) is 6.99. The summed E-state index contributed by atoms with van der Waals surface area (Å²) in [6.07, 6.45) is 0.195. The molecule has 0 aliphatic rings. The van der Waals surface area contributed by atoms with Crippen molar-refractivity contribution in [2.45, 2.75) is 39.7 Å². The molecule has 1 amide bonds. The number of methoxy groups -OCH3 is 1. The molecule has 0 bridgehead atoms. The normalized spacial score (nSPS) is 13.3. The van der Waals surface area contributed by atoms with E-state index in [0.717, 1.165) is 16.9 Å². The van der Waals surface area contributed by atoms with Gasteiger partial charge >= 0.3 is 5.97 Å². The lowest BCUT2D eigenvalue weighted by atomic mass is 10.0. The lowest BCUT2D eigenvalue weighted by Gasteiger charge is -2.19. The average Bonchev–Trinajstić information content (AvgIpc) is 2.37. The third-order valence-corrected chi connectivity index (χ3v) is 3.29. The van der Waals surface area contributed by atoms with E-state index in [1.807, 2.05) is 32.0 Å². The molecular formula is C16H23NO4. The Morgan fingerprint density at radius 1 is 1.29 bits per heavy atom. The zero-order valence-corrected chi connectivity index (χ0v) is 13.0. The molecule has 0 aromatic heterocycles. The molecule has 0 aliphatic carbocycles. The third kappa shape index (κ3) is 5.45. The summed E-state index contributed by atoms with van der Waals surface area (Å²) in [5.74, 6) is -0.496. The second-order valence-corrected chi connectivity index (χ2v) is 5.44. The van der Waals surface area contributed by atoms with Crippen LogP contribution in [-0.4, -0.2) is 24.1 Å². The van der Waals surface area contributed by atoms with Gasteiger partial charge in [0.2, 0.25) is 5.91 Å². The van der Waals surface area contributed by atoms with Crippen LogP contribution in [-0.2, 0) is 9.59 Å². The molecule has 116 valence electrons. The Bertz CT molecular complexity index is 513. The van der Waals surface area contributed by atoms with Gasteiger partial charge in [0.05, 0.1) is 13.2 Å². The molecular weight excluding hydrogens is 270 g/mol. The third-order valence-electron chi connectivity index (χ3n) is 3.29. The van der Waals surface area contributed by atoms with E-state index in [4.69, 9.17) is 9.84 Å². The van der Waals surface area contributed by atoms with Gasteiger partial charge in [-0.1, -0.05) is 24.6 Å². The van der Waals surface area contributed by atoms with Gasteiger partial charge in [0.15, 0.2) is 0 Å². The zero-order chi connectivity index (χ0) is 16.0. The van der Waals surface area contributed by atoms with Crippen LogP contribution in [0.1, 0.15) is 43.9 Å². The minimum absolute atomic E-state index is 0.00440. The standard InChI is InChI=1S/C16H23NO4/c1-10-5-6-14(21-4)13(7-10)12(3)17-15(18)8-11(2)9-16(19)20/h5-7,11-12H,8-9H2,1-4H3,(H,17,18)(H,19,20). The van der Waals surface area contributed by atoms with Gasteiger partial charge in [0.1, 0.15) is 5.75 Å². The number of aliphatic carboxylic acids is 1. The van der Waals surface area contributed by atoms with Crippen LogP contribution in [0.4, 0.5) is 0 Å². The van der Waals surface area contributed by atoms with Crippen LogP contribution < -0.4 is 10.1 Å². The van der Waals surface area contributed by atoms with E-state index >= 15 is 0 Å². The summed E-state index contributed by atoms with van der Waals surface area (Å²) in [4.78, 5) is 22.6. The van der Waals surface area contributed by atoms with Crippen LogP contribution in [0.3, 0.4) is 0 Å². The molecule has 0 spiro atoms. The van der Waals surface area contributed by atoms with Crippen molar-refractivity contribution >= 4 is 11.9 Å². The van der Waals surface area contributed by atoms with Crippen molar-refractivity contribution in [3.05, 3.63) is 29.3 Å². The average molecular weight is 293 g/mol. The molecule has 5 heteroatoms. The second-order valence-electron chi connectivity index (χ2n) is 5.44. The summed E-state index contributed by atoms with van der Waals surface area (Å²) < 4.78 is 5.31. The number of hydrogen-bond donors (Lipinski definition) is 2. The fourth-order valence-electron chi connectivity index (χ4n) is 2.26. The quantitative estimate of drug-likeness (QED) is 0.810. The van der Waals surface area contributed by atoms with Crippen LogP contribution >= 0.6 is 0 Å². The van der Waals surface area contributed by atoms with Crippen LogP contribution in [0.25, 0.3) is 0 Å². The molecule has 2 N–H and O–H groups in total. The largest absolute Gasteiger partial charge is 0.496 e. The predicted octanol–water partition coefficient (Wildman–Crippen LogP) is 2.68. The molecule has 0 aliphatic heterocycles. The van der Waals surface area contributed by atoms with Gasteiger partial charge < -0.3 is 15.2 Å². The minimum atomic E-state index is -0.885. The predicted molar refractivity (Wildman–Crippen MR) is 80.3 cm³/mol. The molecule has 0 saturated carbocycles. The molecule has 0 radical (unpaired) electrons. The highest BCUT2D eigenvalue weighted by Crippen LogP contribution is 2.26. The number of carboxylic acids is 1. The van der Waals surface area contributed by atoms with Gasteiger partial charge in [-0.25, -0.2) is 0 Å². The van der Waals surface area contributed by atoms with Crippen molar-refractivity contribution in [2.75, 3.05) is 7.11 Å². The number of benzene rings is 1. The Hall–Kier alpha value is -2.04. The molecule has 1 aromatic rings. The molecule has 21 heavy (non-hydrogen) atoms. The highest BCUT2D eigenvalue weighted by molar-refractivity contribution is 5.77. The molecule has 1 aromatic carbocycles. The molecule has 0 saturated heterocycles. The number of rotatable bonds is 7. The fraction of sp³-hybridized carbons (Fsp3) is 0.500. The lowest BCUT2D eigenvalue weighted by molar-refractivity contribution is -0.138. The van der Waals surface area contributed by atoms with E-state index in [-0.39, 0.29) is 30.7 Å². The summed E-state index contributed by atoms with van der Waals surface area (Å²) in [5, 5.41) is 11.6. The van der Waals surface area contributed by atoms with Crippen molar-refractivity contribution < 1.29 is 19.4 Å². The van der Waals surface area contributed by atoms with Gasteiger partial charge in [0, 0.05) is 18.4 Å². The first-order chi connectivity index (χ1) is 9.83. The number of hydrogen-bond acceptors (Lipinski definition) is 3. The van der Waals surface area contributed by atoms with Crippen molar-refractivity contribution in [2.24, 2.45) is 5.92 Å². The maximum Gasteiger partial charge on any atom is 0.303 e. The number of amides is 1. The number of nitrogens with one attached hydrogen (secondary N) is 1. The Balaban J connectivity index is 2.68. The second kappa shape index (κ2) is 7.67. The zero-order valence-electron chi connectivity index (χ0n) is 13.0. The lowest BCUT2D eigenvalue weighted by Crippen LogP contribution is -2.28. The Kier molecular flexibility index (Phi) is 6.21. The summed E-state index contributed by atoms with van der Waals surface area (Å²) in [5.41, 5.74) is 2.00. The van der Waals surface area contributed by atoms with Gasteiger partial charge in [-0.15, -0.1) is 0 Å². The van der Waals surface area contributed by atoms with E-state index in [1.165, 1.54) is 0 Å². The number of carbonyl (C=O) groups is 2. The van der Waals surface area contributed by atoms with E-state index in [0.29, 0.717) is 0 Å². The van der Waals surface area contributed by atoms with Crippen molar-refractivity contribution in [3.63, 3.8) is 0 Å². The summed E-state index contributed by atoms with van der Waals surface area (Å²) in [6.45, 7) is 5.62. The number of ether oxygens (including phenoxy) is 1. The van der Waals surface area contributed by atoms with Crippen molar-refractivity contribution in [3.8, 4) is 5.75 Å². The Labute approximate surface area is 125 Å². The molecule has 5 nitrogen and oxygen atoms in total. The van der Waals surface area contributed by atoms with Crippen LogP contribution in [0, 0.1) is 12.8 Å². The highest BCUT2D eigenvalue weighted by Gasteiger charge is 2.17. The maximum absolute atomic E-state index is 12.0. The van der Waals surface area contributed by atoms with Gasteiger partial charge in [-0.3, -0.25) is 9.59 Å². The van der Waals surface area contributed by atoms with Gasteiger partial charge in [0.25, 0.3) is 0 Å². The molecule has 0 heterocycles. The van der Waals surface area contributed by atoms with Crippen molar-refractivity contribution in [1.82, 2.24) is 5.32 Å². The maximum atomic E-state index is 12.0. The summed E-state index contributed by atoms with van der Waals surface area (Å²) in [7, 11) is 1.59. The molecule has 2 unspecified atom stereocenters. The summed E-state index contributed by atoms with van der Waals surface area (Å²) in [6, 6.07) is 5.61. The fourth-order valence-corrected chi connectivity index (χ4v) is 2.26. The van der Waals surface area contributed by atoms with E-state index in [2.05, 4.69) is 5.32 Å². The molecule has 2 atom stereocenters. The van der Waals surface area contributed by atoms with Crippen LogP contribution in [0.5, 0.6) is 5.75 Å². The van der Waals surface area contributed by atoms with E-state index < -0.39 is 5.97 Å². The van der Waals surface area contributed by atoms with E-state index in [9.17, 15) is 9.59 Å². The van der Waals surface area contributed by atoms with E-state index in [1.54, 1.807) is 14.0 Å². The number of carboxylic acid groups (broad SMARTS) is 1. The van der Waals surface area contributed by atoms with Gasteiger partial charge in [-0.2, -0.15) is 0 Å². The molecule has 1 rings (SSSR count). The number of carbonyl (C=O) groups excluding carboxylic acids is 1. The first-order valence-corrected chi connectivity index (χ1v) is 6.99. The smallest absolute Gasteiger partial charge is 0.303 e. The Morgan fingerprint density at radius 3 is 2.52 bits per heavy atom. The van der Waals surface area contributed by atoms with Crippen LogP contribution in [0.2, 0.25) is 0 Å². The summed E-state index contributed by atoms with van der Waals surface area (Å²) >= 11 is 0. The molecule has 0 fully saturated rings. The van der Waals surface area contributed by atoms with Gasteiger partial charge in [-0.05, 0) is 25.8 Å². The van der Waals surface area contributed by atoms with Crippen LogP contribution in [0.15, 0.2) is 18.2 Å². The SMILES string of the molecule is COc1ccc(C)cc1C(C)NC(=O)CC(C)CC(=O)O.